The molecule has 1 radical (unpaired) electrons. The molecule has 0 unspecified atom stereocenters. The van der Waals surface area contributed by atoms with Crippen molar-refractivity contribution in [1.82, 2.24) is 10.1 Å². The number of hydrogen-bond acceptors (Lipinski definition) is 3. The molecule has 0 aliphatic rings. The van der Waals surface area contributed by atoms with Crippen LogP contribution in [0.3, 0.4) is 0 Å². The first-order chi connectivity index (χ1) is 4.20. The average Bonchev–Trinajstić information content (AvgIpc) is 2.14. The molecule has 0 aliphatic carbocycles. The van der Waals surface area contributed by atoms with Gasteiger partial charge < -0.3 is 4.52 Å². The SMILES string of the molecule is [CH2]c1nc(C(C)C)no1. The van der Waals surface area contributed by atoms with Gasteiger partial charge in [-0.05, 0) is 0 Å². The fraction of sp³-hybridized carbons (Fsp3) is 0.500. The van der Waals surface area contributed by atoms with Crippen LogP contribution in [-0.2, 0) is 0 Å². The maximum Gasteiger partial charge on any atom is 0.227 e. The van der Waals surface area contributed by atoms with E-state index < -0.39 is 0 Å². The van der Waals surface area contributed by atoms with E-state index in [1.54, 1.807) is 0 Å². The lowest BCUT2D eigenvalue weighted by Gasteiger charge is -1.90. The monoisotopic (exact) mass is 125 g/mol. The normalized spacial score (nSPS) is 10.7. The Labute approximate surface area is 54.1 Å². The Morgan fingerprint density at radius 3 is 2.44 bits per heavy atom. The smallest absolute Gasteiger partial charge is 0.227 e. The Kier molecular flexibility index (Phi) is 1.51. The predicted octanol–water partition coefficient (Wildman–Crippen LogP) is 1.38. The number of rotatable bonds is 1. The molecular formula is C6H9N2O. The van der Waals surface area contributed by atoms with Crippen LogP contribution in [0.5, 0.6) is 0 Å². The molecule has 49 valence electrons. The summed E-state index contributed by atoms with van der Waals surface area (Å²) in [4.78, 5) is 3.92. The Hall–Kier alpha value is -0.860. The molecule has 0 saturated carbocycles. The Morgan fingerprint density at radius 2 is 2.22 bits per heavy atom. The molecule has 0 aromatic carbocycles. The summed E-state index contributed by atoms with van der Waals surface area (Å²) in [6, 6.07) is 0. The lowest BCUT2D eigenvalue weighted by molar-refractivity contribution is 0.395. The van der Waals surface area contributed by atoms with E-state index in [2.05, 4.69) is 21.6 Å². The summed E-state index contributed by atoms with van der Waals surface area (Å²) in [5.74, 6) is 1.43. The van der Waals surface area contributed by atoms with Crippen molar-refractivity contribution < 1.29 is 4.52 Å². The third-order valence-corrected chi connectivity index (χ3v) is 1.00. The molecule has 3 heteroatoms. The second kappa shape index (κ2) is 2.17. The van der Waals surface area contributed by atoms with E-state index in [9.17, 15) is 0 Å². The van der Waals surface area contributed by atoms with Crippen molar-refractivity contribution in [2.24, 2.45) is 0 Å². The van der Waals surface area contributed by atoms with E-state index in [1.807, 2.05) is 13.8 Å². The molecule has 0 fully saturated rings. The first kappa shape index (κ1) is 6.26. The highest BCUT2D eigenvalue weighted by Gasteiger charge is 2.04. The summed E-state index contributed by atoms with van der Waals surface area (Å²) < 4.78 is 4.65. The highest BCUT2D eigenvalue weighted by Crippen LogP contribution is 2.07. The van der Waals surface area contributed by atoms with Crippen molar-refractivity contribution in [3.05, 3.63) is 18.6 Å². The molecule has 0 N–H and O–H groups in total. The van der Waals surface area contributed by atoms with Crippen LogP contribution < -0.4 is 0 Å². The summed E-state index contributed by atoms with van der Waals surface area (Å²) in [6.07, 6.45) is 0. The van der Waals surface area contributed by atoms with Crippen LogP contribution in [0.25, 0.3) is 0 Å². The molecule has 1 heterocycles. The van der Waals surface area contributed by atoms with Gasteiger partial charge >= 0.3 is 0 Å². The van der Waals surface area contributed by atoms with Gasteiger partial charge in [0.2, 0.25) is 5.89 Å². The molecule has 0 spiro atoms. The van der Waals surface area contributed by atoms with E-state index in [-0.39, 0.29) is 0 Å². The molecule has 0 aliphatic heterocycles. The first-order valence-corrected chi connectivity index (χ1v) is 2.85. The summed E-state index contributed by atoms with van der Waals surface area (Å²) in [6.45, 7) is 7.49. The van der Waals surface area contributed by atoms with E-state index in [4.69, 9.17) is 0 Å². The molecule has 0 amide bonds. The van der Waals surface area contributed by atoms with Gasteiger partial charge in [-0.25, -0.2) is 0 Å². The number of nitrogens with zero attached hydrogens (tertiary/aromatic N) is 2. The second-order valence-electron chi connectivity index (χ2n) is 2.20. The van der Waals surface area contributed by atoms with Crippen LogP contribution in [0.15, 0.2) is 4.52 Å². The van der Waals surface area contributed by atoms with Gasteiger partial charge in [0.1, 0.15) is 0 Å². The van der Waals surface area contributed by atoms with Crippen LogP contribution in [0.1, 0.15) is 31.5 Å². The van der Waals surface area contributed by atoms with E-state index in [0.717, 1.165) is 5.82 Å². The van der Waals surface area contributed by atoms with Crippen LogP contribution in [0.2, 0.25) is 0 Å². The molecule has 3 nitrogen and oxygen atoms in total. The maximum absolute atomic E-state index is 4.65. The van der Waals surface area contributed by atoms with Crippen molar-refractivity contribution in [3.8, 4) is 0 Å². The van der Waals surface area contributed by atoms with Gasteiger partial charge in [0.25, 0.3) is 0 Å². The Bertz CT molecular complexity index is 193. The van der Waals surface area contributed by atoms with E-state index in [1.165, 1.54) is 0 Å². The molecule has 0 bridgehead atoms. The van der Waals surface area contributed by atoms with Gasteiger partial charge in [0.15, 0.2) is 5.82 Å². The minimum atomic E-state index is 0.323. The lowest BCUT2D eigenvalue weighted by Crippen LogP contribution is -1.88. The van der Waals surface area contributed by atoms with Crippen LogP contribution >= 0.6 is 0 Å². The molecular weight excluding hydrogens is 116 g/mol. The topological polar surface area (TPSA) is 38.9 Å². The molecule has 0 atom stereocenters. The minimum absolute atomic E-state index is 0.323. The molecule has 1 rings (SSSR count). The fourth-order valence-corrected chi connectivity index (χ4v) is 0.503. The van der Waals surface area contributed by atoms with Crippen molar-refractivity contribution in [3.63, 3.8) is 0 Å². The lowest BCUT2D eigenvalue weighted by atomic mass is 10.2. The van der Waals surface area contributed by atoms with Gasteiger partial charge in [-0.1, -0.05) is 19.0 Å². The zero-order valence-electron chi connectivity index (χ0n) is 5.59. The highest BCUT2D eigenvalue weighted by atomic mass is 16.5. The minimum Gasteiger partial charge on any atom is -0.339 e. The van der Waals surface area contributed by atoms with Crippen LogP contribution in [0.4, 0.5) is 0 Å². The predicted molar refractivity (Wildman–Crippen MR) is 32.8 cm³/mol. The summed E-state index contributed by atoms with van der Waals surface area (Å²) >= 11 is 0. The molecule has 1 aromatic rings. The van der Waals surface area contributed by atoms with Crippen molar-refractivity contribution in [2.75, 3.05) is 0 Å². The fourth-order valence-electron chi connectivity index (χ4n) is 0.503. The van der Waals surface area contributed by atoms with Gasteiger partial charge in [-0.3, -0.25) is 0 Å². The summed E-state index contributed by atoms with van der Waals surface area (Å²) in [5.41, 5.74) is 0. The largest absolute Gasteiger partial charge is 0.339 e. The summed E-state index contributed by atoms with van der Waals surface area (Å²) in [7, 11) is 0. The zero-order valence-corrected chi connectivity index (χ0v) is 5.59. The van der Waals surface area contributed by atoms with Crippen molar-refractivity contribution >= 4 is 0 Å². The first-order valence-electron chi connectivity index (χ1n) is 2.85. The standard InChI is InChI=1S/C6H9N2O/c1-4(2)6-7-5(3)9-8-6/h4H,3H2,1-2H3. The molecule has 0 saturated heterocycles. The van der Waals surface area contributed by atoms with E-state index in [0.29, 0.717) is 11.8 Å². The average molecular weight is 125 g/mol. The van der Waals surface area contributed by atoms with Gasteiger partial charge in [0.05, 0.1) is 0 Å². The van der Waals surface area contributed by atoms with Gasteiger partial charge in [0, 0.05) is 12.8 Å². The zero-order chi connectivity index (χ0) is 6.85. The second-order valence-corrected chi connectivity index (χ2v) is 2.20. The quantitative estimate of drug-likeness (QED) is 0.569. The van der Waals surface area contributed by atoms with E-state index >= 15 is 0 Å². The number of hydrogen-bond donors (Lipinski definition) is 0. The third kappa shape index (κ3) is 1.28. The van der Waals surface area contributed by atoms with Crippen molar-refractivity contribution in [1.29, 1.82) is 0 Å². The van der Waals surface area contributed by atoms with Crippen molar-refractivity contribution in [2.45, 2.75) is 19.8 Å². The third-order valence-electron chi connectivity index (χ3n) is 1.00. The Balaban J connectivity index is 2.85. The maximum atomic E-state index is 4.65. The molecule has 9 heavy (non-hydrogen) atoms. The number of aromatic nitrogens is 2. The van der Waals surface area contributed by atoms with Crippen LogP contribution in [-0.4, -0.2) is 10.1 Å². The van der Waals surface area contributed by atoms with Crippen LogP contribution in [0, 0.1) is 6.92 Å². The Morgan fingerprint density at radius 1 is 1.56 bits per heavy atom. The van der Waals surface area contributed by atoms with Gasteiger partial charge in [-0.15, -0.1) is 0 Å². The summed E-state index contributed by atoms with van der Waals surface area (Å²) in [5, 5.41) is 3.67. The highest BCUT2D eigenvalue weighted by molar-refractivity contribution is 4.92. The molecule has 1 aromatic heterocycles. The van der Waals surface area contributed by atoms with Gasteiger partial charge in [-0.2, -0.15) is 4.98 Å².